The summed E-state index contributed by atoms with van der Waals surface area (Å²) in [5.74, 6) is 0.265. The zero-order valence-electron chi connectivity index (χ0n) is 18.8. The Morgan fingerprint density at radius 2 is 1.97 bits per heavy atom. The van der Waals surface area contributed by atoms with Crippen LogP contribution in [0.25, 0.3) is 11.0 Å². The number of halogens is 2. The molecule has 0 aliphatic heterocycles. The molecule has 2 N–H and O–H groups in total. The van der Waals surface area contributed by atoms with Crippen molar-refractivity contribution in [2.24, 2.45) is 5.92 Å². The van der Waals surface area contributed by atoms with E-state index in [1.54, 1.807) is 0 Å². The molecule has 33 heavy (non-hydrogen) atoms. The van der Waals surface area contributed by atoms with Gasteiger partial charge < -0.3 is 9.88 Å². The number of fused-ring (bicyclic) bond motifs is 1. The van der Waals surface area contributed by atoms with Gasteiger partial charge in [-0.15, -0.1) is 0 Å². The number of nitrogens with zero attached hydrogens (tertiary/aromatic N) is 3. The van der Waals surface area contributed by atoms with Crippen LogP contribution in [0, 0.1) is 11.7 Å². The average molecular weight is 478 g/mol. The Balaban J connectivity index is 1.31. The maximum atomic E-state index is 15.0. The molecule has 7 nitrogen and oxygen atoms in total. The number of benzene rings is 1. The maximum Gasteiger partial charge on any atom is 0.211 e. The second kappa shape index (κ2) is 9.34. The van der Waals surface area contributed by atoms with Gasteiger partial charge in [0.2, 0.25) is 10.0 Å². The van der Waals surface area contributed by atoms with Crippen LogP contribution in [0.4, 0.5) is 14.6 Å². The Hall–Kier alpha value is -2.59. The van der Waals surface area contributed by atoms with Gasteiger partial charge in [0.05, 0.1) is 11.1 Å². The average Bonchev–Trinajstić information content (AvgIpc) is 3.27. The van der Waals surface area contributed by atoms with Gasteiger partial charge in [-0.05, 0) is 62.3 Å². The lowest BCUT2D eigenvalue weighted by Crippen LogP contribution is -2.40. The number of aromatic nitrogens is 3. The second-order valence-electron chi connectivity index (χ2n) is 9.03. The van der Waals surface area contributed by atoms with E-state index in [-0.39, 0.29) is 23.3 Å². The molecule has 1 fully saturated rings. The molecule has 10 heteroatoms. The van der Waals surface area contributed by atoms with Crippen molar-refractivity contribution in [3.8, 4) is 0 Å². The number of hydrogen-bond acceptors (Lipinski definition) is 5. The lowest BCUT2D eigenvalue weighted by atomic mass is 9.86. The molecule has 0 saturated heterocycles. The zero-order chi connectivity index (χ0) is 23.6. The Kier molecular flexibility index (Phi) is 6.67. The SMILES string of the molecule is CN(c1ncnc2[nH]ccc12)[C@H]1CC[C@H](CS(=O)(=O)NCC(C)(F)c2cccc(F)c2)CC1. The van der Waals surface area contributed by atoms with Crippen molar-refractivity contribution < 1.29 is 17.2 Å². The molecule has 1 aliphatic rings. The number of nitrogens with one attached hydrogen (secondary N) is 2. The summed E-state index contributed by atoms with van der Waals surface area (Å²) >= 11 is 0. The van der Waals surface area contributed by atoms with Crippen molar-refractivity contribution >= 4 is 26.9 Å². The Labute approximate surface area is 192 Å². The largest absolute Gasteiger partial charge is 0.356 e. The fraction of sp³-hybridized carbons (Fsp3) is 0.478. The van der Waals surface area contributed by atoms with Gasteiger partial charge in [-0.3, -0.25) is 0 Å². The van der Waals surface area contributed by atoms with E-state index in [1.807, 2.05) is 19.3 Å². The smallest absolute Gasteiger partial charge is 0.211 e. The minimum atomic E-state index is -3.67. The van der Waals surface area contributed by atoms with Gasteiger partial charge in [-0.25, -0.2) is 31.9 Å². The van der Waals surface area contributed by atoms with E-state index in [4.69, 9.17) is 0 Å². The minimum absolute atomic E-state index is 0.00450. The topological polar surface area (TPSA) is 91.0 Å². The van der Waals surface area contributed by atoms with Crippen LogP contribution >= 0.6 is 0 Å². The van der Waals surface area contributed by atoms with Gasteiger partial charge in [0, 0.05) is 25.8 Å². The van der Waals surface area contributed by atoms with Crippen molar-refractivity contribution in [1.29, 1.82) is 0 Å². The molecule has 1 aromatic carbocycles. The summed E-state index contributed by atoms with van der Waals surface area (Å²) in [6.07, 6.45) is 6.58. The summed E-state index contributed by atoms with van der Waals surface area (Å²) in [6, 6.07) is 7.39. The van der Waals surface area contributed by atoms with Gasteiger partial charge in [0.1, 0.15) is 29.3 Å². The first-order valence-electron chi connectivity index (χ1n) is 11.1. The van der Waals surface area contributed by atoms with Crippen LogP contribution in [0.5, 0.6) is 0 Å². The van der Waals surface area contributed by atoms with E-state index >= 15 is 0 Å². The van der Waals surface area contributed by atoms with Gasteiger partial charge >= 0.3 is 0 Å². The first-order valence-corrected chi connectivity index (χ1v) is 12.7. The van der Waals surface area contributed by atoms with E-state index < -0.39 is 28.1 Å². The number of rotatable bonds is 8. The van der Waals surface area contributed by atoms with E-state index in [0.717, 1.165) is 48.6 Å². The third kappa shape index (κ3) is 5.50. The lowest BCUT2D eigenvalue weighted by molar-refractivity contribution is 0.196. The number of aromatic amines is 1. The molecule has 2 aromatic heterocycles. The predicted octanol–water partition coefficient (Wildman–Crippen LogP) is 3.90. The molecule has 1 unspecified atom stereocenters. The Bertz CT molecular complexity index is 1210. The number of anilines is 1. The molecule has 0 radical (unpaired) electrons. The molecule has 3 aromatic rings. The summed E-state index contributed by atoms with van der Waals surface area (Å²) in [5.41, 5.74) is -1.11. The summed E-state index contributed by atoms with van der Waals surface area (Å²) in [7, 11) is -1.66. The van der Waals surface area contributed by atoms with Gasteiger partial charge in [0.15, 0.2) is 0 Å². The van der Waals surface area contributed by atoms with E-state index in [9.17, 15) is 17.2 Å². The van der Waals surface area contributed by atoms with Crippen molar-refractivity contribution in [1.82, 2.24) is 19.7 Å². The van der Waals surface area contributed by atoms with E-state index in [2.05, 4.69) is 24.6 Å². The van der Waals surface area contributed by atoms with Crippen LogP contribution in [0.2, 0.25) is 0 Å². The summed E-state index contributed by atoms with van der Waals surface area (Å²) < 4.78 is 56.0. The molecular weight excluding hydrogens is 448 g/mol. The maximum absolute atomic E-state index is 15.0. The third-order valence-corrected chi connectivity index (χ3v) is 8.03. The highest BCUT2D eigenvalue weighted by molar-refractivity contribution is 7.89. The quantitative estimate of drug-likeness (QED) is 0.514. The van der Waals surface area contributed by atoms with Crippen LogP contribution in [-0.4, -0.2) is 48.8 Å². The summed E-state index contributed by atoms with van der Waals surface area (Å²) in [5, 5.41) is 0.960. The summed E-state index contributed by atoms with van der Waals surface area (Å²) in [6.45, 7) is 0.817. The monoisotopic (exact) mass is 477 g/mol. The van der Waals surface area contributed by atoms with Crippen LogP contribution in [0.1, 0.15) is 38.2 Å². The Morgan fingerprint density at radius 3 is 2.70 bits per heavy atom. The fourth-order valence-corrected chi connectivity index (χ4v) is 6.10. The zero-order valence-corrected chi connectivity index (χ0v) is 19.6. The molecule has 2 heterocycles. The molecule has 178 valence electrons. The van der Waals surface area contributed by atoms with E-state index in [0.29, 0.717) is 0 Å². The molecule has 1 atom stereocenters. The van der Waals surface area contributed by atoms with Crippen LogP contribution < -0.4 is 9.62 Å². The number of hydrogen-bond donors (Lipinski definition) is 2. The van der Waals surface area contributed by atoms with Gasteiger partial charge in [0.25, 0.3) is 0 Å². The van der Waals surface area contributed by atoms with Crippen molar-refractivity contribution in [2.75, 3.05) is 24.2 Å². The first kappa shape index (κ1) is 23.6. The normalized spacial score (nSPS) is 21.1. The number of H-pyrrole nitrogens is 1. The minimum Gasteiger partial charge on any atom is -0.356 e. The predicted molar refractivity (Wildman–Crippen MR) is 125 cm³/mol. The molecule has 0 bridgehead atoms. The number of sulfonamides is 1. The standard InChI is InChI=1S/C23H29F2N5O2S/c1-23(25,17-4-3-5-18(24)12-17)14-29-33(31,32)13-16-6-8-19(9-7-16)30(2)22-20-10-11-26-21(20)27-15-28-22/h3-5,10-12,15-16,19,29H,6-9,13-14H2,1-2H3,(H,26,27,28)/t16-,19-,23?. The fourth-order valence-electron chi connectivity index (χ4n) is 4.54. The van der Waals surface area contributed by atoms with Crippen molar-refractivity contribution in [3.05, 3.63) is 54.2 Å². The van der Waals surface area contributed by atoms with Crippen LogP contribution in [-0.2, 0) is 15.7 Å². The third-order valence-electron chi connectivity index (χ3n) is 6.54. The highest BCUT2D eigenvalue weighted by Gasteiger charge is 2.31. The van der Waals surface area contributed by atoms with Gasteiger partial charge in [-0.2, -0.15) is 0 Å². The van der Waals surface area contributed by atoms with Crippen LogP contribution in [0.3, 0.4) is 0 Å². The van der Waals surface area contributed by atoms with Gasteiger partial charge in [-0.1, -0.05) is 12.1 Å². The first-order chi connectivity index (χ1) is 15.6. The molecule has 1 aliphatic carbocycles. The van der Waals surface area contributed by atoms with E-state index in [1.165, 1.54) is 31.5 Å². The lowest BCUT2D eigenvalue weighted by Gasteiger charge is -2.35. The molecule has 0 spiro atoms. The second-order valence-corrected chi connectivity index (χ2v) is 10.9. The Morgan fingerprint density at radius 1 is 1.21 bits per heavy atom. The highest BCUT2D eigenvalue weighted by Crippen LogP contribution is 2.32. The molecule has 1 saturated carbocycles. The molecule has 0 amide bonds. The number of alkyl halides is 1. The van der Waals surface area contributed by atoms with Crippen molar-refractivity contribution in [3.63, 3.8) is 0 Å². The van der Waals surface area contributed by atoms with Crippen molar-refractivity contribution in [2.45, 2.75) is 44.3 Å². The molecular formula is C23H29F2N5O2S. The highest BCUT2D eigenvalue weighted by atomic mass is 32.2. The van der Waals surface area contributed by atoms with Crippen LogP contribution in [0.15, 0.2) is 42.9 Å². The molecule has 4 rings (SSSR count). The summed E-state index contributed by atoms with van der Waals surface area (Å²) in [4.78, 5) is 13.9.